The van der Waals surface area contributed by atoms with E-state index in [0.29, 0.717) is 0 Å². The van der Waals surface area contributed by atoms with Crippen molar-refractivity contribution in [2.45, 2.75) is 5.92 Å². The number of hydrazine groups is 1. The van der Waals surface area contributed by atoms with Gasteiger partial charge in [-0.1, -0.05) is 6.07 Å². The molecule has 1 aromatic rings. The van der Waals surface area contributed by atoms with Gasteiger partial charge >= 0.3 is 11.8 Å². The Kier molecular flexibility index (Phi) is 2.52. The predicted octanol–water partition coefficient (Wildman–Crippen LogP) is 0.163. The molecule has 1 amide bonds. The monoisotopic (exact) mass is 187 g/mol. The molecule has 1 rings (SSSR count). The molecule has 0 saturated carbocycles. The van der Waals surface area contributed by atoms with Crippen LogP contribution in [0, 0.1) is 0 Å². The van der Waals surface area contributed by atoms with Gasteiger partial charge in [0.1, 0.15) is 5.69 Å². The van der Waals surface area contributed by atoms with Crippen molar-refractivity contribution < 1.29 is 13.6 Å². The molecule has 0 aliphatic carbocycles. The van der Waals surface area contributed by atoms with E-state index < -0.39 is 17.5 Å². The Morgan fingerprint density at radius 1 is 1.54 bits per heavy atom. The van der Waals surface area contributed by atoms with Crippen molar-refractivity contribution in [1.29, 1.82) is 0 Å². The zero-order valence-electron chi connectivity index (χ0n) is 6.50. The first-order chi connectivity index (χ1) is 6.09. The van der Waals surface area contributed by atoms with Crippen molar-refractivity contribution in [2.75, 3.05) is 0 Å². The molecule has 4 nitrogen and oxygen atoms in total. The number of nitrogens with two attached hydrogens (primary N) is 1. The number of amides is 1. The maximum Gasteiger partial charge on any atom is 0.367 e. The standard InChI is InChI=1S/C7H7F2N3O/c8-7(9,6(13)12-10)5-3-1-2-4-11-5/h1-4H,10H2,(H,12,13). The average Bonchev–Trinajstić information content (AvgIpc) is 2.18. The molecule has 0 saturated heterocycles. The minimum absolute atomic E-state index is 0.627. The number of hydrogen-bond donors (Lipinski definition) is 2. The highest BCUT2D eigenvalue weighted by molar-refractivity contribution is 5.83. The lowest BCUT2D eigenvalue weighted by Gasteiger charge is -2.12. The lowest BCUT2D eigenvalue weighted by Crippen LogP contribution is -2.42. The van der Waals surface area contributed by atoms with Crippen LogP contribution in [0.1, 0.15) is 5.69 Å². The highest BCUT2D eigenvalue weighted by Crippen LogP contribution is 2.25. The van der Waals surface area contributed by atoms with Crippen LogP contribution in [0.15, 0.2) is 24.4 Å². The first-order valence-corrected chi connectivity index (χ1v) is 3.39. The van der Waals surface area contributed by atoms with Crippen molar-refractivity contribution >= 4 is 5.91 Å². The van der Waals surface area contributed by atoms with Gasteiger partial charge in [-0.3, -0.25) is 15.2 Å². The lowest BCUT2D eigenvalue weighted by molar-refractivity contribution is -0.147. The number of pyridine rings is 1. The topological polar surface area (TPSA) is 68.0 Å². The minimum Gasteiger partial charge on any atom is -0.289 e. The summed E-state index contributed by atoms with van der Waals surface area (Å²) in [5, 5.41) is 0. The highest BCUT2D eigenvalue weighted by atomic mass is 19.3. The van der Waals surface area contributed by atoms with Crippen LogP contribution in [0.25, 0.3) is 0 Å². The van der Waals surface area contributed by atoms with Gasteiger partial charge in [0.25, 0.3) is 0 Å². The fraction of sp³-hybridized carbons (Fsp3) is 0.143. The summed E-state index contributed by atoms with van der Waals surface area (Å²) >= 11 is 0. The van der Waals surface area contributed by atoms with Crippen molar-refractivity contribution in [1.82, 2.24) is 10.4 Å². The zero-order chi connectivity index (χ0) is 9.90. The summed E-state index contributed by atoms with van der Waals surface area (Å²) in [6.45, 7) is 0. The van der Waals surface area contributed by atoms with Gasteiger partial charge in [-0.25, -0.2) is 5.84 Å². The summed E-state index contributed by atoms with van der Waals surface area (Å²) < 4.78 is 26.0. The Morgan fingerprint density at radius 3 is 2.69 bits per heavy atom. The molecule has 0 spiro atoms. The predicted molar refractivity (Wildman–Crippen MR) is 40.5 cm³/mol. The van der Waals surface area contributed by atoms with Gasteiger partial charge in [0, 0.05) is 6.20 Å². The van der Waals surface area contributed by atoms with E-state index >= 15 is 0 Å². The zero-order valence-corrected chi connectivity index (χ0v) is 6.50. The smallest absolute Gasteiger partial charge is 0.289 e. The number of alkyl halides is 2. The molecular weight excluding hydrogens is 180 g/mol. The van der Waals surface area contributed by atoms with Crippen LogP contribution < -0.4 is 11.3 Å². The van der Waals surface area contributed by atoms with Crippen molar-refractivity contribution in [3.05, 3.63) is 30.1 Å². The second-order valence-electron chi connectivity index (χ2n) is 2.26. The third kappa shape index (κ3) is 1.78. The van der Waals surface area contributed by atoms with E-state index in [1.807, 2.05) is 0 Å². The second-order valence-corrected chi connectivity index (χ2v) is 2.26. The first kappa shape index (κ1) is 9.53. The molecule has 0 atom stereocenters. The quantitative estimate of drug-likeness (QED) is 0.394. The summed E-state index contributed by atoms with van der Waals surface area (Å²) in [5.41, 5.74) is 0.748. The largest absolute Gasteiger partial charge is 0.367 e. The molecule has 0 bridgehead atoms. The summed E-state index contributed by atoms with van der Waals surface area (Å²) in [4.78, 5) is 14.0. The van der Waals surface area contributed by atoms with E-state index in [9.17, 15) is 13.6 Å². The molecule has 0 aliphatic rings. The van der Waals surface area contributed by atoms with Crippen molar-refractivity contribution in [2.24, 2.45) is 5.84 Å². The van der Waals surface area contributed by atoms with Crippen LogP contribution in [0.5, 0.6) is 0 Å². The molecule has 6 heteroatoms. The Bertz CT molecular complexity index is 302. The number of aromatic nitrogens is 1. The maximum absolute atomic E-state index is 13.0. The van der Waals surface area contributed by atoms with Crippen LogP contribution >= 0.6 is 0 Å². The molecule has 0 aliphatic heterocycles. The highest BCUT2D eigenvalue weighted by Gasteiger charge is 2.41. The Morgan fingerprint density at radius 2 is 2.23 bits per heavy atom. The van der Waals surface area contributed by atoms with Gasteiger partial charge in [-0.15, -0.1) is 0 Å². The number of nitrogens with one attached hydrogen (secondary N) is 1. The van der Waals surface area contributed by atoms with Gasteiger partial charge in [0.05, 0.1) is 0 Å². The van der Waals surface area contributed by atoms with Gasteiger partial charge < -0.3 is 0 Å². The number of rotatable bonds is 2. The van der Waals surface area contributed by atoms with Gasteiger partial charge in [-0.05, 0) is 12.1 Å². The van der Waals surface area contributed by atoms with E-state index in [0.717, 1.165) is 6.07 Å². The fourth-order valence-electron chi connectivity index (χ4n) is 0.755. The third-order valence-electron chi connectivity index (χ3n) is 1.40. The van der Waals surface area contributed by atoms with Gasteiger partial charge in [0.15, 0.2) is 0 Å². The molecule has 1 aromatic heterocycles. The van der Waals surface area contributed by atoms with Gasteiger partial charge in [0.2, 0.25) is 0 Å². The molecule has 3 N–H and O–H groups in total. The Labute approximate surface area is 72.7 Å². The summed E-state index contributed by atoms with van der Waals surface area (Å²) in [6, 6.07) is 3.88. The summed E-state index contributed by atoms with van der Waals surface area (Å²) in [7, 11) is 0. The molecule has 0 unspecified atom stereocenters. The number of halogens is 2. The number of carbonyl (C=O) groups is 1. The minimum atomic E-state index is -3.68. The maximum atomic E-state index is 13.0. The lowest BCUT2D eigenvalue weighted by atomic mass is 10.2. The summed E-state index contributed by atoms with van der Waals surface area (Å²) in [5.74, 6) is -0.674. The van der Waals surface area contributed by atoms with E-state index in [1.165, 1.54) is 23.8 Å². The van der Waals surface area contributed by atoms with Crippen molar-refractivity contribution in [3.8, 4) is 0 Å². The molecule has 0 aromatic carbocycles. The molecule has 0 radical (unpaired) electrons. The SMILES string of the molecule is NNC(=O)C(F)(F)c1ccccn1. The summed E-state index contributed by atoms with van der Waals surface area (Å²) in [6.07, 6.45) is 1.17. The van der Waals surface area contributed by atoms with E-state index in [-0.39, 0.29) is 0 Å². The van der Waals surface area contributed by atoms with E-state index in [2.05, 4.69) is 10.8 Å². The molecule has 0 fully saturated rings. The van der Waals surface area contributed by atoms with E-state index in [4.69, 9.17) is 0 Å². The molecular formula is C7H7F2N3O. The molecule has 13 heavy (non-hydrogen) atoms. The number of carbonyl (C=O) groups excluding carboxylic acids is 1. The Hall–Kier alpha value is -1.56. The van der Waals surface area contributed by atoms with Crippen molar-refractivity contribution in [3.63, 3.8) is 0 Å². The second kappa shape index (κ2) is 3.44. The van der Waals surface area contributed by atoms with Crippen LogP contribution in [0.2, 0.25) is 0 Å². The Balaban J connectivity index is 3.00. The van der Waals surface area contributed by atoms with Crippen LogP contribution in [0.3, 0.4) is 0 Å². The fourth-order valence-corrected chi connectivity index (χ4v) is 0.755. The normalized spacial score (nSPS) is 11.0. The van der Waals surface area contributed by atoms with Crippen LogP contribution in [0.4, 0.5) is 8.78 Å². The molecule has 1 heterocycles. The number of nitrogens with zero attached hydrogens (tertiary/aromatic N) is 1. The van der Waals surface area contributed by atoms with E-state index in [1.54, 1.807) is 0 Å². The molecule has 70 valence electrons. The van der Waals surface area contributed by atoms with Crippen LogP contribution in [-0.2, 0) is 10.7 Å². The first-order valence-electron chi connectivity index (χ1n) is 3.39. The number of hydrogen-bond acceptors (Lipinski definition) is 3. The third-order valence-corrected chi connectivity index (χ3v) is 1.40. The van der Waals surface area contributed by atoms with Crippen LogP contribution in [-0.4, -0.2) is 10.9 Å². The average molecular weight is 187 g/mol. The van der Waals surface area contributed by atoms with Gasteiger partial charge in [-0.2, -0.15) is 8.78 Å².